The molecule has 4 fully saturated rings. The number of carbonyl (C=O) groups is 1. The minimum Gasteiger partial charge on any atom is -0.311 e. The van der Waals surface area contributed by atoms with Crippen LogP contribution in [0.15, 0.2) is 6.33 Å². The van der Waals surface area contributed by atoms with Crippen molar-refractivity contribution in [2.75, 3.05) is 11.9 Å². The van der Waals surface area contributed by atoms with Crippen molar-refractivity contribution in [1.29, 1.82) is 0 Å². The highest BCUT2D eigenvalue weighted by Gasteiger charge is 2.51. The van der Waals surface area contributed by atoms with Crippen molar-refractivity contribution in [2.45, 2.75) is 57.9 Å². The molecule has 1 aromatic rings. The Labute approximate surface area is 143 Å². The molecule has 5 aliphatic rings. The molecule has 0 aromatic carbocycles. The van der Waals surface area contributed by atoms with E-state index in [0.29, 0.717) is 6.42 Å². The Bertz CT molecular complexity index is 636. The van der Waals surface area contributed by atoms with E-state index in [9.17, 15) is 4.79 Å². The molecule has 24 heavy (non-hydrogen) atoms. The zero-order valence-electron chi connectivity index (χ0n) is 14.2. The van der Waals surface area contributed by atoms with E-state index in [1.54, 1.807) is 6.33 Å². The Balaban J connectivity index is 1.32. The lowest BCUT2D eigenvalue weighted by atomic mass is 9.49. The molecule has 6 rings (SSSR count). The molecule has 1 aliphatic heterocycles. The summed E-state index contributed by atoms with van der Waals surface area (Å²) in [6, 6.07) is 0. The van der Waals surface area contributed by atoms with E-state index in [4.69, 9.17) is 0 Å². The summed E-state index contributed by atoms with van der Waals surface area (Å²) in [7, 11) is 0. The maximum absolute atomic E-state index is 12.8. The highest BCUT2D eigenvalue weighted by molar-refractivity contribution is 5.91. The smallest absolute Gasteiger partial charge is 0.226 e. The van der Waals surface area contributed by atoms with Crippen molar-refractivity contribution in [3.05, 3.63) is 17.6 Å². The number of carbonyl (C=O) groups excluding carboxylic acids is 1. The van der Waals surface area contributed by atoms with Gasteiger partial charge in [0, 0.05) is 18.5 Å². The van der Waals surface area contributed by atoms with Crippen molar-refractivity contribution in [3.8, 4) is 0 Å². The Morgan fingerprint density at radius 1 is 1.17 bits per heavy atom. The van der Waals surface area contributed by atoms with Crippen LogP contribution in [0.25, 0.3) is 0 Å². The molecular weight excluding hydrogens is 300 g/mol. The van der Waals surface area contributed by atoms with Crippen LogP contribution in [-0.2, 0) is 17.8 Å². The average molecular weight is 326 g/mol. The summed E-state index contributed by atoms with van der Waals surface area (Å²) in [5.41, 5.74) is 2.43. The fourth-order valence-electron chi connectivity index (χ4n) is 6.42. The van der Waals surface area contributed by atoms with E-state index in [1.165, 1.54) is 38.5 Å². The lowest BCUT2D eigenvalue weighted by molar-refractivity contribution is -0.124. The van der Waals surface area contributed by atoms with Gasteiger partial charge in [-0.15, -0.1) is 0 Å². The van der Waals surface area contributed by atoms with Gasteiger partial charge in [0.05, 0.1) is 5.69 Å². The lowest BCUT2D eigenvalue weighted by Crippen LogP contribution is -2.47. The highest BCUT2D eigenvalue weighted by atomic mass is 16.1. The Hall–Kier alpha value is -1.49. The first-order valence-corrected chi connectivity index (χ1v) is 9.52. The molecule has 0 saturated heterocycles. The van der Waals surface area contributed by atoms with Gasteiger partial charge in [0.25, 0.3) is 0 Å². The van der Waals surface area contributed by atoms with E-state index < -0.39 is 0 Å². The fraction of sp³-hybridized carbons (Fsp3) is 0.737. The van der Waals surface area contributed by atoms with Crippen LogP contribution >= 0.6 is 0 Å². The van der Waals surface area contributed by atoms with Crippen LogP contribution in [0.1, 0.15) is 56.2 Å². The van der Waals surface area contributed by atoms with Crippen molar-refractivity contribution in [3.63, 3.8) is 0 Å². The third-order valence-electron chi connectivity index (χ3n) is 6.84. The number of anilines is 1. The van der Waals surface area contributed by atoms with Crippen LogP contribution in [0, 0.1) is 23.2 Å². The van der Waals surface area contributed by atoms with Gasteiger partial charge in [-0.1, -0.05) is 0 Å². The van der Waals surface area contributed by atoms with Crippen LogP contribution in [0.2, 0.25) is 0 Å². The van der Waals surface area contributed by atoms with Crippen molar-refractivity contribution in [1.82, 2.24) is 15.3 Å². The zero-order chi connectivity index (χ0) is 16.1. The molecule has 5 heteroatoms. The summed E-state index contributed by atoms with van der Waals surface area (Å²) in [4.78, 5) is 21.5. The molecule has 0 unspecified atom stereocenters. The largest absolute Gasteiger partial charge is 0.311 e. The molecule has 4 aliphatic carbocycles. The number of hydrogen-bond donors (Lipinski definition) is 2. The standard InChI is InChI=1S/C19H26N4O/c24-17(23-18-15-1-2-20-10-16(15)21-11-22-18)9-19-6-12-3-13(7-19)5-14(4-12)8-19/h11-14,20H,1-10H2,(H,21,22,23,24). The first-order valence-electron chi connectivity index (χ1n) is 9.52. The predicted octanol–water partition coefficient (Wildman–Crippen LogP) is 2.67. The van der Waals surface area contributed by atoms with Crippen LogP contribution in [-0.4, -0.2) is 22.4 Å². The Morgan fingerprint density at radius 3 is 2.58 bits per heavy atom. The number of fused-ring (bicyclic) bond motifs is 1. The van der Waals surface area contributed by atoms with Crippen LogP contribution in [0.4, 0.5) is 5.82 Å². The first-order chi connectivity index (χ1) is 11.7. The normalized spacial score (nSPS) is 36.4. The Kier molecular flexibility index (Phi) is 3.40. The first kappa shape index (κ1) is 14.8. The fourth-order valence-corrected chi connectivity index (χ4v) is 6.42. The second kappa shape index (κ2) is 5.51. The summed E-state index contributed by atoms with van der Waals surface area (Å²) >= 11 is 0. The summed E-state index contributed by atoms with van der Waals surface area (Å²) in [6.45, 7) is 1.70. The van der Waals surface area contributed by atoms with E-state index in [0.717, 1.165) is 54.3 Å². The molecule has 0 atom stereocenters. The van der Waals surface area contributed by atoms with Crippen LogP contribution in [0.5, 0.6) is 0 Å². The number of hydrogen-bond acceptors (Lipinski definition) is 4. The van der Waals surface area contributed by atoms with Crippen molar-refractivity contribution < 1.29 is 4.79 Å². The topological polar surface area (TPSA) is 66.9 Å². The van der Waals surface area contributed by atoms with Crippen LogP contribution in [0.3, 0.4) is 0 Å². The molecule has 5 nitrogen and oxygen atoms in total. The average Bonchev–Trinajstić information content (AvgIpc) is 2.53. The number of nitrogens with zero attached hydrogens (tertiary/aromatic N) is 2. The van der Waals surface area contributed by atoms with Gasteiger partial charge in [-0.2, -0.15) is 0 Å². The minimum absolute atomic E-state index is 0.163. The Morgan fingerprint density at radius 2 is 1.88 bits per heavy atom. The summed E-state index contributed by atoms with van der Waals surface area (Å²) in [6.07, 6.45) is 11.3. The molecule has 128 valence electrons. The van der Waals surface area contributed by atoms with Gasteiger partial charge < -0.3 is 10.6 Å². The van der Waals surface area contributed by atoms with E-state index in [-0.39, 0.29) is 11.3 Å². The molecule has 2 heterocycles. The number of aromatic nitrogens is 2. The molecule has 4 saturated carbocycles. The summed E-state index contributed by atoms with van der Waals surface area (Å²) < 4.78 is 0. The number of nitrogens with one attached hydrogen (secondary N) is 2. The quantitative estimate of drug-likeness (QED) is 0.896. The van der Waals surface area contributed by atoms with Gasteiger partial charge in [-0.3, -0.25) is 4.79 Å². The molecular formula is C19H26N4O. The van der Waals surface area contributed by atoms with Crippen molar-refractivity contribution >= 4 is 11.7 Å². The maximum atomic E-state index is 12.8. The second-order valence-electron chi connectivity index (χ2n) is 8.72. The van der Waals surface area contributed by atoms with E-state index >= 15 is 0 Å². The van der Waals surface area contributed by atoms with E-state index in [2.05, 4.69) is 20.6 Å². The zero-order valence-corrected chi connectivity index (χ0v) is 14.2. The number of rotatable bonds is 3. The lowest BCUT2D eigenvalue weighted by Gasteiger charge is -2.56. The van der Waals surface area contributed by atoms with Gasteiger partial charge in [0.2, 0.25) is 5.91 Å². The molecule has 0 spiro atoms. The molecule has 4 bridgehead atoms. The van der Waals surface area contributed by atoms with Crippen LogP contribution < -0.4 is 10.6 Å². The SMILES string of the molecule is O=C(CC12CC3CC(CC(C3)C1)C2)Nc1ncnc2c1CCNC2. The van der Waals surface area contributed by atoms with Gasteiger partial charge in [0.15, 0.2) is 0 Å². The predicted molar refractivity (Wildman–Crippen MR) is 91.3 cm³/mol. The third-order valence-corrected chi connectivity index (χ3v) is 6.84. The van der Waals surface area contributed by atoms with Gasteiger partial charge in [-0.05, 0) is 74.7 Å². The van der Waals surface area contributed by atoms with Gasteiger partial charge in [0.1, 0.15) is 12.1 Å². The second-order valence-corrected chi connectivity index (χ2v) is 8.72. The summed E-state index contributed by atoms with van der Waals surface area (Å²) in [5.74, 6) is 3.58. The van der Waals surface area contributed by atoms with Crippen molar-refractivity contribution in [2.24, 2.45) is 23.2 Å². The molecule has 2 N–H and O–H groups in total. The van der Waals surface area contributed by atoms with Gasteiger partial charge in [-0.25, -0.2) is 9.97 Å². The molecule has 0 radical (unpaired) electrons. The number of amides is 1. The highest BCUT2D eigenvalue weighted by Crippen LogP contribution is 2.61. The molecule has 1 amide bonds. The monoisotopic (exact) mass is 326 g/mol. The summed E-state index contributed by atoms with van der Waals surface area (Å²) in [5, 5.41) is 6.45. The molecule has 1 aromatic heterocycles. The maximum Gasteiger partial charge on any atom is 0.226 e. The van der Waals surface area contributed by atoms with E-state index in [1.807, 2.05) is 0 Å². The minimum atomic E-state index is 0.163. The third kappa shape index (κ3) is 2.53. The van der Waals surface area contributed by atoms with Gasteiger partial charge >= 0.3 is 0 Å².